The molecular weight excluding hydrogens is 292 g/mol. The quantitative estimate of drug-likeness (QED) is 0.791. The van der Waals surface area contributed by atoms with E-state index in [1.807, 2.05) is 43.3 Å². The maximum absolute atomic E-state index is 12.0. The summed E-state index contributed by atoms with van der Waals surface area (Å²) in [6.07, 6.45) is 0. The van der Waals surface area contributed by atoms with Crippen molar-refractivity contribution in [1.82, 2.24) is 15.6 Å². The second-order valence-corrected chi connectivity index (χ2v) is 5.19. The number of urea groups is 1. The van der Waals surface area contributed by atoms with Gasteiger partial charge in [-0.3, -0.25) is 10.1 Å². The Bertz CT molecular complexity index is 673. The van der Waals surface area contributed by atoms with Crippen LogP contribution in [0.15, 0.2) is 48.5 Å². The van der Waals surface area contributed by atoms with Gasteiger partial charge >= 0.3 is 6.03 Å². The average Bonchev–Trinajstić information content (AvgIpc) is 2.53. The van der Waals surface area contributed by atoms with Crippen molar-refractivity contribution in [3.8, 4) is 0 Å². The Balaban J connectivity index is 1.79. The first kappa shape index (κ1) is 16.5. The molecule has 0 aliphatic rings. The zero-order chi connectivity index (χ0) is 16.7. The van der Waals surface area contributed by atoms with Crippen LogP contribution in [-0.4, -0.2) is 23.0 Å². The highest BCUT2D eigenvalue weighted by Crippen LogP contribution is 2.03. The van der Waals surface area contributed by atoms with Gasteiger partial charge in [0.15, 0.2) is 0 Å². The number of aryl methyl sites for hydroxylation is 1. The van der Waals surface area contributed by atoms with Crippen LogP contribution in [-0.2, 0) is 11.3 Å². The molecule has 3 N–H and O–H groups in total. The third kappa shape index (κ3) is 5.43. The predicted molar refractivity (Wildman–Crippen MR) is 88.9 cm³/mol. The van der Waals surface area contributed by atoms with Crippen LogP contribution in [0.2, 0.25) is 0 Å². The minimum Gasteiger partial charge on any atom is -0.350 e. The summed E-state index contributed by atoms with van der Waals surface area (Å²) in [7, 11) is 0. The number of carbonyl (C=O) groups is 2. The molecule has 1 aromatic heterocycles. The molecule has 0 unspecified atom stereocenters. The first-order valence-electron chi connectivity index (χ1n) is 7.37. The molecule has 23 heavy (non-hydrogen) atoms. The summed E-state index contributed by atoms with van der Waals surface area (Å²) in [5, 5.41) is 7.96. The average molecular weight is 312 g/mol. The van der Waals surface area contributed by atoms with Crippen LogP contribution in [0.25, 0.3) is 0 Å². The van der Waals surface area contributed by atoms with Gasteiger partial charge in [0.1, 0.15) is 11.9 Å². The lowest BCUT2D eigenvalue weighted by Gasteiger charge is -2.14. The molecule has 120 valence electrons. The summed E-state index contributed by atoms with van der Waals surface area (Å²) in [5.41, 5.74) is 1.80. The molecule has 3 amide bonds. The van der Waals surface area contributed by atoms with Crippen molar-refractivity contribution < 1.29 is 9.59 Å². The molecule has 6 heteroatoms. The number of rotatable bonds is 5. The third-order valence-electron chi connectivity index (χ3n) is 3.18. The van der Waals surface area contributed by atoms with Crippen molar-refractivity contribution in [2.45, 2.75) is 26.4 Å². The fraction of sp³-hybridized carbons (Fsp3) is 0.235. The monoisotopic (exact) mass is 312 g/mol. The number of hydrogen-bond donors (Lipinski definition) is 3. The number of amides is 3. The van der Waals surface area contributed by atoms with Crippen LogP contribution >= 0.6 is 0 Å². The van der Waals surface area contributed by atoms with E-state index < -0.39 is 12.1 Å². The van der Waals surface area contributed by atoms with Gasteiger partial charge in [-0.1, -0.05) is 36.4 Å². The van der Waals surface area contributed by atoms with Gasteiger partial charge in [-0.15, -0.1) is 0 Å². The van der Waals surface area contributed by atoms with Gasteiger partial charge in [0.25, 0.3) is 0 Å². The number of hydrogen-bond acceptors (Lipinski definition) is 3. The summed E-state index contributed by atoms with van der Waals surface area (Å²) in [6.45, 7) is 3.89. The van der Waals surface area contributed by atoms with Crippen molar-refractivity contribution in [1.29, 1.82) is 0 Å². The molecule has 1 atom stereocenters. The zero-order valence-corrected chi connectivity index (χ0v) is 13.2. The number of aromatic nitrogens is 1. The van der Waals surface area contributed by atoms with E-state index in [1.54, 1.807) is 19.1 Å². The van der Waals surface area contributed by atoms with Crippen LogP contribution < -0.4 is 16.0 Å². The van der Waals surface area contributed by atoms with E-state index in [0.717, 1.165) is 11.3 Å². The number of benzene rings is 1. The molecule has 0 aliphatic carbocycles. The molecule has 1 heterocycles. The van der Waals surface area contributed by atoms with Gasteiger partial charge in [-0.25, -0.2) is 9.78 Å². The molecule has 0 radical (unpaired) electrons. The molecular formula is C17H20N4O2. The molecule has 0 bridgehead atoms. The highest BCUT2D eigenvalue weighted by molar-refractivity contribution is 5.92. The minimum atomic E-state index is -0.650. The predicted octanol–water partition coefficient (Wildman–Crippen LogP) is 2.22. The van der Waals surface area contributed by atoms with Crippen molar-refractivity contribution in [2.75, 3.05) is 5.32 Å². The standard InChI is InChI=1S/C17H20N4O2/c1-12-7-6-10-15(19-12)21-17(23)20-13(2)16(22)18-11-14-8-4-3-5-9-14/h3-10,13H,11H2,1-2H3,(H,18,22)(H2,19,20,21,23)/t13-/m0/s1. The SMILES string of the molecule is Cc1cccc(NC(=O)N[C@@H](C)C(=O)NCc2ccccc2)n1. The van der Waals surface area contributed by atoms with E-state index in [-0.39, 0.29) is 5.91 Å². The fourth-order valence-electron chi connectivity index (χ4n) is 1.97. The van der Waals surface area contributed by atoms with E-state index >= 15 is 0 Å². The normalized spacial score (nSPS) is 11.4. The number of carbonyl (C=O) groups excluding carboxylic acids is 2. The Morgan fingerprint density at radius 2 is 1.83 bits per heavy atom. The van der Waals surface area contributed by atoms with Crippen molar-refractivity contribution in [2.24, 2.45) is 0 Å². The van der Waals surface area contributed by atoms with Gasteiger partial charge in [0.2, 0.25) is 5.91 Å². The second kappa shape index (κ2) is 7.93. The van der Waals surface area contributed by atoms with Crippen molar-refractivity contribution in [3.63, 3.8) is 0 Å². The maximum atomic E-state index is 12.0. The number of anilines is 1. The summed E-state index contributed by atoms with van der Waals surface area (Å²) in [5.74, 6) is 0.195. The summed E-state index contributed by atoms with van der Waals surface area (Å²) in [4.78, 5) is 28.0. The summed E-state index contributed by atoms with van der Waals surface area (Å²) in [6, 6.07) is 13.8. The first-order chi connectivity index (χ1) is 11.0. The number of nitrogens with one attached hydrogen (secondary N) is 3. The lowest BCUT2D eigenvalue weighted by Crippen LogP contribution is -2.46. The highest BCUT2D eigenvalue weighted by atomic mass is 16.2. The molecule has 2 rings (SSSR count). The minimum absolute atomic E-state index is 0.249. The second-order valence-electron chi connectivity index (χ2n) is 5.19. The largest absolute Gasteiger partial charge is 0.350 e. The Labute approximate surface area is 135 Å². The third-order valence-corrected chi connectivity index (χ3v) is 3.18. The Kier molecular flexibility index (Phi) is 5.68. The van der Waals surface area contributed by atoms with Crippen LogP contribution in [0.4, 0.5) is 10.6 Å². The van der Waals surface area contributed by atoms with Crippen LogP contribution in [0.5, 0.6) is 0 Å². The van der Waals surface area contributed by atoms with Gasteiger partial charge in [-0.05, 0) is 31.5 Å². The molecule has 2 aromatic rings. The number of pyridine rings is 1. The van der Waals surface area contributed by atoms with E-state index in [0.29, 0.717) is 12.4 Å². The van der Waals surface area contributed by atoms with Crippen molar-refractivity contribution in [3.05, 3.63) is 59.8 Å². The maximum Gasteiger partial charge on any atom is 0.321 e. The summed E-state index contributed by atoms with van der Waals surface area (Å²) >= 11 is 0. The Hall–Kier alpha value is -2.89. The van der Waals surface area contributed by atoms with Crippen molar-refractivity contribution >= 4 is 17.8 Å². The Morgan fingerprint density at radius 1 is 1.09 bits per heavy atom. The van der Waals surface area contributed by atoms with Gasteiger partial charge < -0.3 is 10.6 Å². The summed E-state index contributed by atoms with van der Waals surface area (Å²) < 4.78 is 0. The van der Waals surface area contributed by atoms with Crippen LogP contribution in [0.3, 0.4) is 0 Å². The molecule has 0 saturated carbocycles. The lowest BCUT2D eigenvalue weighted by molar-refractivity contribution is -0.122. The highest BCUT2D eigenvalue weighted by Gasteiger charge is 2.15. The molecule has 0 aliphatic heterocycles. The first-order valence-corrected chi connectivity index (χ1v) is 7.37. The molecule has 0 fully saturated rings. The van der Waals surface area contributed by atoms with E-state index in [2.05, 4.69) is 20.9 Å². The van der Waals surface area contributed by atoms with Crippen LogP contribution in [0, 0.1) is 6.92 Å². The van der Waals surface area contributed by atoms with Gasteiger partial charge in [-0.2, -0.15) is 0 Å². The topological polar surface area (TPSA) is 83.1 Å². The van der Waals surface area contributed by atoms with E-state index in [4.69, 9.17) is 0 Å². The fourth-order valence-corrected chi connectivity index (χ4v) is 1.97. The zero-order valence-electron chi connectivity index (χ0n) is 13.2. The molecule has 0 spiro atoms. The molecule has 0 saturated heterocycles. The lowest BCUT2D eigenvalue weighted by atomic mass is 10.2. The van der Waals surface area contributed by atoms with E-state index in [9.17, 15) is 9.59 Å². The molecule has 1 aromatic carbocycles. The van der Waals surface area contributed by atoms with Gasteiger partial charge in [0, 0.05) is 12.2 Å². The van der Waals surface area contributed by atoms with Gasteiger partial charge in [0.05, 0.1) is 0 Å². The molecule has 6 nitrogen and oxygen atoms in total. The van der Waals surface area contributed by atoms with E-state index in [1.165, 1.54) is 0 Å². The van der Waals surface area contributed by atoms with Crippen LogP contribution in [0.1, 0.15) is 18.2 Å². The Morgan fingerprint density at radius 3 is 2.52 bits per heavy atom. The number of nitrogens with zero attached hydrogens (tertiary/aromatic N) is 1. The smallest absolute Gasteiger partial charge is 0.321 e.